The summed E-state index contributed by atoms with van der Waals surface area (Å²) in [4.78, 5) is 55.3. The van der Waals surface area contributed by atoms with E-state index < -0.39 is 23.9 Å². The maximum absolute atomic E-state index is 12.7. The third-order valence-electron chi connectivity index (χ3n) is 5.25. The highest BCUT2D eigenvalue weighted by Crippen LogP contribution is 2.15. The number of H-pyrrole nitrogens is 1. The number of carbonyl (C=O) groups excluding carboxylic acids is 3. The fourth-order valence-corrected chi connectivity index (χ4v) is 3.49. The zero-order valence-electron chi connectivity index (χ0n) is 20.1. The number of aromatic amines is 1. The molecule has 0 saturated carbocycles. The summed E-state index contributed by atoms with van der Waals surface area (Å²) in [6.07, 6.45) is 0.0459. The number of rotatable bonds is 11. The highest BCUT2D eigenvalue weighted by Gasteiger charge is 2.24. The molecule has 0 fully saturated rings. The Labute approximate surface area is 207 Å². The summed E-state index contributed by atoms with van der Waals surface area (Å²) in [5.41, 5.74) is 7.73. The van der Waals surface area contributed by atoms with Crippen LogP contribution in [0, 0.1) is 0 Å². The number of hydrogen-bond donors (Lipinski definition) is 4. The van der Waals surface area contributed by atoms with Crippen molar-refractivity contribution in [2.75, 3.05) is 24.3 Å². The van der Waals surface area contributed by atoms with Crippen molar-refractivity contribution in [2.24, 2.45) is 0 Å². The Kier molecular flexibility index (Phi) is 8.98. The molecule has 0 spiro atoms. The molecule has 36 heavy (non-hydrogen) atoms. The minimum atomic E-state index is -0.972. The SMILES string of the molecule is CCOC(=O)CC[C@H](NC(=O)c1ccc(NCc2ccc3nc(N)[nH]c(=O)c3c2)cc1)C(=O)OCC. The summed E-state index contributed by atoms with van der Waals surface area (Å²) in [6.45, 7) is 4.18. The number of benzene rings is 2. The molecule has 0 unspecified atom stereocenters. The van der Waals surface area contributed by atoms with E-state index in [0.717, 1.165) is 11.3 Å². The van der Waals surface area contributed by atoms with Gasteiger partial charge in [-0.25, -0.2) is 9.78 Å². The normalized spacial score (nSPS) is 11.5. The molecule has 11 nitrogen and oxygen atoms in total. The van der Waals surface area contributed by atoms with Gasteiger partial charge in [-0.05, 0) is 62.2 Å². The summed E-state index contributed by atoms with van der Waals surface area (Å²) in [6, 6.07) is 11.0. The first kappa shape index (κ1) is 26.2. The van der Waals surface area contributed by atoms with Crippen molar-refractivity contribution in [3.05, 3.63) is 63.9 Å². The molecule has 2 aromatic carbocycles. The quantitative estimate of drug-likeness (QED) is 0.291. The van der Waals surface area contributed by atoms with Gasteiger partial charge in [0.15, 0.2) is 0 Å². The Morgan fingerprint density at radius 2 is 1.78 bits per heavy atom. The van der Waals surface area contributed by atoms with Gasteiger partial charge in [0.25, 0.3) is 11.5 Å². The van der Waals surface area contributed by atoms with Crippen molar-refractivity contribution in [1.29, 1.82) is 0 Å². The third-order valence-corrected chi connectivity index (χ3v) is 5.25. The number of ether oxygens (including phenoxy) is 2. The monoisotopic (exact) mass is 495 g/mol. The van der Waals surface area contributed by atoms with Crippen LogP contribution in [0.25, 0.3) is 10.9 Å². The zero-order chi connectivity index (χ0) is 26.1. The van der Waals surface area contributed by atoms with Crippen LogP contribution in [0.3, 0.4) is 0 Å². The Bertz CT molecular complexity index is 1290. The molecule has 190 valence electrons. The Balaban J connectivity index is 1.61. The summed E-state index contributed by atoms with van der Waals surface area (Å²) in [7, 11) is 0. The molecule has 0 aliphatic heterocycles. The second-order valence-electron chi connectivity index (χ2n) is 7.86. The van der Waals surface area contributed by atoms with Crippen LogP contribution in [0.15, 0.2) is 47.3 Å². The van der Waals surface area contributed by atoms with Gasteiger partial charge in [-0.3, -0.25) is 19.4 Å². The van der Waals surface area contributed by atoms with Crippen LogP contribution in [0.5, 0.6) is 0 Å². The summed E-state index contributed by atoms with van der Waals surface area (Å²) >= 11 is 0. The highest BCUT2D eigenvalue weighted by atomic mass is 16.5. The molecule has 0 radical (unpaired) electrons. The number of amides is 1. The van der Waals surface area contributed by atoms with Gasteiger partial charge in [0.2, 0.25) is 5.95 Å². The number of aromatic nitrogens is 2. The largest absolute Gasteiger partial charge is 0.466 e. The summed E-state index contributed by atoms with van der Waals surface area (Å²) in [5.74, 6) is -1.47. The fraction of sp³-hybridized carbons (Fsp3) is 0.320. The molecule has 1 amide bonds. The third kappa shape index (κ3) is 7.05. The van der Waals surface area contributed by atoms with Gasteiger partial charge >= 0.3 is 11.9 Å². The van der Waals surface area contributed by atoms with Crippen LogP contribution in [0.1, 0.15) is 42.6 Å². The van der Waals surface area contributed by atoms with E-state index in [2.05, 4.69) is 20.6 Å². The second kappa shape index (κ2) is 12.3. The number of esters is 2. The van der Waals surface area contributed by atoms with Gasteiger partial charge in [0.05, 0.1) is 24.1 Å². The Morgan fingerprint density at radius 1 is 1.06 bits per heavy atom. The molecule has 0 saturated heterocycles. The van der Waals surface area contributed by atoms with Crippen molar-refractivity contribution in [3.8, 4) is 0 Å². The van der Waals surface area contributed by atoms with E-state index in [4.69, 9.17) is 15.2 Å². The molecule has 0 aliphatic rings. The average molecular weight is 496 g/mol. The van der Waals surface area contributed by atoms with Gasteiger partial charge in [-0.1, -0.05) is 6.07 Å². The maximum atomic E-state index is 12.7. The summed E-state index contributed by atoms with van der Waals surface area (Å²) in [5, 5.41) is 6.30. The van der Waals surface area contributed by atoms with E-state index in [1.54, 1.807) is 50.2 Å². The smallest absolute Gasteiger partial charge is 0.328 e. The molecular weight excluding hydrogens is 466 g/mol. The van der Waals surface area contributed by atoms with E-state index >= 15 is 0 Å². The minimum Gasteiger partial charge on any atom is -0.466 e. The van der Waals surface area contributed by atoms with E-state index in [1.807, 2.05) is 6.07 Å². The molecular formula is C25H29N5O6. The number of nitrogens with zero attached hydrogens (tertiary/aromatic N) is 1. The summed E-state index contributed by atoms with van der Waals surface area (Å²) < 4.78 is 9.90. The molecule has 1 aromatic heterocycles. The standard InChI is InChI=1S/C25H29N5O6/c1-3-35-21(31)12-11-20(24(34)36-4-2)28-22(32)16-6-8-17(9-7-16)27-14-15-5-10-19-18(13-15)23(33)30-25(26)29-19/h5-10,13,20,27H,3-4,11-12,14H2,1-2H3,(H,28,32)(H3,26,29,30,33)/t20-/m0/s1. The Hall–Kier alpha value is -4.41. The molecule has 1 heterocycles. The molecule has 3 rings (SSSR count). The second-order valence-corrected chi connectivity index (χ2v) is 7.86. The topological polar surface area (TPSA) is 165 Å². The van der Waals surface area contributed by atoms with Crippen LogP contribution in [-0.4, -0.2) is 47.1 Å². The van der Waals surface area contributed by atoms with Crippen LogP contribution >= 0.6 is 0 Å². The zero-order valence-corrected chi connectivity index (χ0v) is 20.1. The number of nitrogens with one attached hydrogen (secondary N) is 3. The number of anilines is 2. The highest BCUT2D eigenvalue weighted by molar-refractivity contribution is 5.97. The molecule has 0 aliphatic carbocycles. The molecule has 5 N–H and O–H groups in total. The van der Waals surface area contributed by atoms with E-state index in [9.17, 15) is 19.2 Å². The number of nitrogen functional groups attached to an aromatic ring is 1. The van der Waals surface area contributed by atoms with E-state index in [0.29, 0.717) is 23.0 Å². The molecule has 3 aromatic rings. The minimum absolute atomic E-state index is 0.0233. The molecule has 11 heteroatoms. The lowest BCUT2D eigenvalue weighted by Crippen LogP contribution is -2.42. The lowest BCUT2D eigenvalue weighted by atomic mass is 10.1. The van der Waals surface area contributed by atoms with Gasteiger partial charge < -0.3 is 25.8 Å². The number of carbonyl (C=O) groups is 3. The van der Waals surface area contributed by atoms with Crippen LogP contribution < -0.4 is 21.9 Å². The lowest BCUT2D eigenvalue weighted by Gasteiger charge is -2.17. The Morgan fingerprint density at radius 3 is 2.47 bits per heavy atom. The van der Waals surface area contributed by atoms with E-state index in [1.165, 1.54) is 0 Å². The number of fused-ring (bicyclic) bond motifs is 1. The predicted octanol–water partition coefficient (Wildman–Crippen LogP) is 2.12. The predicted molar refractivity (Wildman–Crippen MR) is 134 cm³/mol. The van der Waals surface area contributed by atoms with Crippen molar-refractivity contribution >= 4 is 40.4 Å². The number of nitrogens with two attached hydrogens (primary N) is 1. The van der Waals surface area contributed by atoms with Gasteiger partial charge in [-0.2, -0.15) is 0 Å². The molecule has 1 atom stereocenters. The maximum Gasteiger partial charge on any atom is 0.328 e. The van der Waals surface area contributed by atoms with Crippen LogP contribution in [0.2, 0.25) is 0 Å². The van der Waals surface area contributed by atoms with Gasteiger partial charge in [0, 0.05) is 24.2 Å². The average Bonchev–Trinajstić information content (AvgIpc) is 2.85. The van der Waals surface area contributed by atoms with Gasteiger partial charge in [-0.15, -0.1) is 0 Å². The lowest BCUT2D eigenvalue weighted by molar-refractivity contribution is -0.146. The van der Waals surface area contributed by atoms with Crippen molar-refractivity contribution in [2.45, 2.75) is 39.3 Å². The first-order valence-electron chi connectivity index (χ1n) is 11.6. The van der Waals surface area contributed by atoms with Crippen molar-refractivity contribution in [3.63, 3.8) is 0 Å². The van der Waals surface area contributed by atoms with Crippen LogP contribution in [-0.2, 0) is 25.6 Å². The van der Waals surface area contributed by atoms with Gasteiger partial charge in [0.1, 0.15) is 6.04 Å². The van der Waals surface area contributed by atoms with Crippen molar-refractivity contribution in [1.82, 2.24) is 15.3 Å². The molecule has 0 bridgehead atoms. The fourth-order valence-electron chi connectivity index (χ4n) is 3.49. The van der Waals surface area contributed by atoms with Crippen LogP contribution in [0.4, 0.5) is 11.6 Å². The number of hydrogen-bond acceptors (Lipinski definition) is 9. The van der Waals surface area contributed by atoms with E-state index in [-0.39, 0.29) is 37.6 Å². The first-order chi connectivity index (χ1) is 17.3. The first-order valence-corrected chi connectivity index (χ1v) is 11.6. The van der Waals surface area contributed by atoms with Crippen molar-refractivity contribution < 1.29 is 23.9 Å².